The molecule has 0 atom stereocenters. The Morgan fingerprint density at radius 2 is 2.00 bits per heavy atom. The van der Waals surface area contributed by atoms with Crippen LogP contribution in [0.15, 0.2) is 0 Å². The van der Waals surface area contributed by atoms with Crippen molar-refractivity contribution in [2.24, 2.45) is 11.1 Å². The third-order valence-electron chi connectivity index (χ3n) is 2.66. The minimum absolute atomic E-state index is 0.0205. The van der Waals surface area contributed by atoms with E-state index < -0.39 is 12.6 Å². The topological polar surface area (TPSA) is 35.2 Å². The molecule has 0 aromatic heterocycles. The zero-order valence-corrected chi connectivity index (χ0v) is 9.79. The van der Waals surface area contributed by atoms with Crippen molar-refractivity contribution >= 4 is 17.2 Å². The fourth-order valence-electron chi connectivity index (χ4n) is 1.58. The molecular weight excluding hydrogens is 239 g/mol. The first kappa shape index (κ1) is 13.7. The molecule has 0 saturated heterocycles. The highest BCUT2D eigenvalue weighted by Crippen LogP contribution is 2.48. The van der Waals surface area contributed by atoms with Crippen LogP contribution in [-0.4, -0.2) is 24.4 Å². The SMILES string of the molecule is NC(=S)CC1(COCCCC(F)(F)F)CC1. The summed E-state index contributed by atoms with van der Waals surface area (Å²) in [6, 6.07) is 0. The van der Waals surface area contributed by atoms with Crippen LogP contribution >= 0.6 is 12.2 Å². The maximum atomic E-state index is 11.8. The lowest BCUT2D eigenvalue weighted by molar-refractivity contribution is -0.138. The van der Waals surface area contributed by atoms with Gasteiger partial charge in [0.1, 0.15) is 0 Å². The quantitative estimate of drug-likeness (QED) is 0.561. The molecule has 1 rings (SSSR count). The van der Waals surface area contributed by atoms with Gasteiger partial charge in [0.25, 0.3) is 0 Å². The van der Waals surface area contributed by atoms with Gasteiger partial charge in [-0.05, 0) is 19.3 Å². The molecule has 16 heavy (non-hydrogen) atoms. The summed E-state index contributed by atoms with van der Waals surface area (Å²) < 4.78 is 40.7. The number of hydrogen-bond donors (Lipinski definition) is 1. The average molecular weight is 255 g/mol. The first-order valence-corrected chi connectivity index (χ1v) is 5.67. The van der Waals surface area contributed by atoms with Gasteiger partial charge in [0.05, 0.1) is 11.6 Å². The van der Waals surface area contributed by atoms with Gasteiger partial charge < -0.3 is 10.5 Å². The van der Waals surface area contributed by atoms with E-state index in [0.717, 1.165) is 12.8 Å². The monoisotopic (exact) mass is 255 g/mol. The Balaban J connectivity index is 2.05. The minimum Gasteiger partial charge on any atom is -0.393 e. The molecule has 0 aliphatic heterocycles. The standard InChI is InChI=1S/C10H16F3NOS/c11-10(12,13)2-1-5-15-7-9(3-4-9)6-8(14)16/h1-7H2,(H2,14,16). The second-order valence-corrected chi connectivity index (χ2v) is 4.94. The zero-order valence-electron chi connectivity index (χ0n) is 8.98. The van der Waals surface area contributed by atoms with E-state index >= 15 is 0 Å². The van der Waals surface area contributed by atoms with E-state index in [4.69, 9.17) is 22.7 Å². The van der Waals surface area contributed by atoms with Gasteiger partial charge in [-0.1, -0.05) is 12.2 Å². The van der Waals surface area contributed by atoms with Crippen LogP contribution in [0.3, 0.4) is 0 Å². The highest BCUT2D eigenvalue weighted by molar-refractivity contribution is 7.80. The first-order chi connectivity index (χ1) is 7.33. The summed E-state index contributed by atoms with van der Waals surface area (Å²) in [5.74, 6) is 0. The Hall–Kier alpha value is -0.360. The lowest BCUT2D eigenvalue weighted by atomic mass is 10.0. The van der Waals surface area contributed by atoms with E-state index in [2.05, 4.69) is 0 Å². The number of rotatable bonds is 7. The molecule has 1 fully saturated rings. The molecule has 1 saturated carbocycles. The molecular formula is C10H16F3NOS. The van der Waals surface area contributed by atoms with E-state index in [0.29, 0.717) is 18.0 Å². The van der Waals surface area contributed by atoms with E-state index in [-0.39, 0.29) is 18.4 Å². The maximum absolute atomic E-state index is 11.8. The molecule has 0 bridgehead atoms. The molecule has 1 aliphatic rings. The van der Waals surface area contributed by atoms with Crippen molar-refractivity contribution in [3.63, 3.8) is 0 Å². The smallest absolute Gasteiger partial charge is 0.389 e. The van der Waals surface area contributed by atoms with Crippen LogP contribution < -0.4 is 5.73 Å². The van der Waals surface area contributed by atoms with E-state index in [9.17, 15) is 13.2 Å². The highest BCUT2D eigenvalue weighted by atomic mass is 32.1. The van der Waals surface area contributed by atoms with Gasteiger partial charge in [-0.3, -0.25) is 0 Å². The number of nitrogens with two attached hydrogens (primary N) is 1. The summed E-state index contributed by atoms with van der Waals surface area (Å²) in [4.78, 5) is 0.455. The van der Waals surface area contributed by atoms with E-state index in [1.165, 1.54) is 0 Å². The van der Waals surface area contributed by atoms with E-state index in [1.807, 2.05) is 0 Å². The molecule has 94 valence electrons. The molecule has 2 nitrogen and oxygen atoms in total. The summed E-state index contributed by atoms with van der Waals surface area (Å²) in [6.07, 6.45) is -2.20. The molecule has 1 aliphatic carbocycles. The summed E-state index contributed by atoms with van der Waals surface area (Å²) in [5.41, 5.74) is 5.46. The highest BCUT2D eigenvalue weighted by Gasteiger charge is 2.43. The fraction of sp³-hybridized carbons (Fsp3) is 0.900. The fourth-order valence-corrected chi connectivity index (χ4v) is 1.89. The summed E-state index contributed by atoms with van der Waals surface area (Å²) >= 11 is 4.81. The Morgan fingerprint density at radius 1 is 1.38 bits per heavy atom. The van der Waals surface area contributed by atoms with Gasteiger partial charge in [0.15, 0.2) is 0 Å². The summed E-state index contributed by atoms with van der Waals surface area (Å²) in [7, 11) is 0. The van der Waals surface area contributed by atoms with Crippen molar-refractivity contribution in [2.45, 2.75) is 38.3 Å². The minimum atomic E-state index is -4.08. The molecule has 2 N–H and O–H groups in total. The number of alkyl halides is 3. The van der Waals surface area contributed by atoms with Gasteiger partial charge in [-0.2, -0.15) is 13.2 Å². The zero-order chi connectivity index (χ0) is 12.2. The lowest BCUT2D eigenvalue weighted by Crippen LogP contribution is -2.20. The molecule has 0 aromatic carbocycles. The van der Waals surface area contributed by atoms with Crippen molar-refractivity contribution in [2.75, 3.05) is 13.2 Å². The van der Waals surface area contributed by atoms with Gasteiger partial charge in [-0.25, -0.2) is 0 Å². The van der Waals surface area contributed by atoms with Crippen LogP contribution in [0, 0.1) is 5.41 Å². The lowest BCUT2D eigenvalue weighted by Gasteiger charge is -2.14. The average Bonchev–Trinajstić information content (AvgIpc) is 2.81. The maximum Gasteiger partial charge on any atom is 0.389 e. The third kappa shape index (κ3) is 5.65. The predicted molar refractivity (Wildman–Crippen MR) is 59.2 cm³/mol. The third-order valence-corrected chi connectivity index (χ3v) is 2.81. The van der Waals surface area contributed by atoms with Gasteiger partial charge in [0.2, 0.25) is 0 Å². The van der Waals surface area contributed by atoms with Crippen molar-refractivity contribution < 1.29 is 17.9 Å². The molecule has 0 unspecified atom stereocenters. The van der Waals surface area contributed by atoms with Crippen LogP contribution in [0.4, 0.5) is 13.2 Å². The van der Waals surface area contributed by atoms with Crippen LogP contribution in [0.25, 0.3) is 0 Å². The largest absolute Gasteiger partial charge is 0.393 e. The molecule has 6 heteroatoms. The Kier molecular flexibility index (Phi) is 4.55. The Bertz CT molecular complexity index is 251. The van der Waals surface area contributed by atoms with Crippen LogP contribution in [0.1, 0.15) is 32.1 Å². The molecule has 0 amide bonds. The summed E-state index contributed by atoms with van der Waals surface area (Å²) in [5, 5.41) is 0. The van der Waals surface area contributed by atoms with Gasteiger partial charge in [0, 0.05) is 24.9 Å². The van der Waals surface area contributed by atoms with Crippen molar-refractivity contribution in [1.29, 1.82) is 0 Å². The van der Waals surface area contributed by atoms with Crippen molar-refractivity contribution in [3.8, 4) is 0 Å². The Morgan fingerprint density at radius 3 is 2.44 bits per heavy atom. The number of hydrogen-bond acceptors (Lipinski definition) is 2. The second kappa shape index (κ2) is 5.31. The first-order valence-electron chi connectivity index (χ1n) is 5.26. The van der Waals surface area contributed by atoms with Gasteiger partial charge in [-0.15, -0.1) is 0 Å². The number of ether oxygens (including phenoxy) is 1. The molecule has 0 radical (unpaired) electrons. The van der Waals surface area contributed by atoms with Crippen LogP contribution in [0.2, 0.25) is 0 Å². The van der Waals surface area contributed by atoms with E-state index in [1.54, 1.807) is 0 Å². The van der Waals surface area contributed by atoms with Crippen molar-refractivity contribution in [3.05, 3.63) is 0 Å². The number of thiocarbonyl (C=S) groups is 1. The Labute approximate surface area is 98.3 Å². The molecule has 0 spiro atoms. The molecule has 0 heterocycles. The summed E-state index contributed by atoms with van der Waals surface area (Å²) in [6.45, 7) is 0.626. The normalized spacial score (nSPS) is 18.4. The van der Waals surface area contributed by atoms with Crippen LogP contribution in [-0.2, 0) is 4.74 Å². The molecule has 0 aromatic rings. The second-order valence-electron chi connectivity index (χ2n) is 4.41. The predicted octanol–water partition coefficient (Wildman–Crippen LogP) is 2.80. The van der Waals surface area contributed by atoms with Crippen molar-refractivity contribution in [1.82, 2.24) is 0 Å². The number of halogens is 3. The van der Waals surface area contributed by atoms with Crippen LogP contribution in [0.5, 0.6) is 0 Å². The van der Waals surface area contributed by atoms with Gasteiger partial charge >= 0.3 is 6.18 Å².